The fraction of sp³-hybridized carbons (Fsp3) is 0.556. The third kappa shape index (κ3) is 1.58. The van der Waals surface area contributed by atoms with Gasteiger partial charge in [-0.15, -0.1) is 0 Å². The van der Waals surface area contributed by atoms with E-state index in [2.05, 4.69) is 23.8 Å². The highest BCUT2D eigenvalue weighted by Gasteiger charge is 2.21. The van der Waals surface area contributed by atoms with Crippen LogP contribution in [0.1, 0.15) is 24.4 Å². The lowest BCUT2D eigenvalue weighted by Crippen LogP contribution is -2.19. The van der Waals surface area contributed by atoms with Gasteiger partial charge in [-0.2, -0.15) is 0 Å². The van der Waals surface area contributed by atoms with E-state index in [1.807, 2.05) is 0 Å². The van der Waals surface area contributed by atoms with Gasteiger partial charge < -0.3 is 5.11 Å². The third-order valence-corrected chi connectivity index (χ3v) is 3.16. The van der Waals surface area contributed by atoms with Crippen LogP contribution in [0, 0.1) is 5.92 Å². The summed E-state index contributed by atoms with van der Waals surface area (Å²) in [6, 6.07) is 0.354. The van der Waals surface area contributed by atoms with Crippen LogP contribution < -0.4 is 0 Å². The first-order valence-corrected chi connectivity index (χ1v) is 5.20. The monoisotopic (exact) mass is 196 g/mol. The molecule has 1 aliphatic rings. The molecule has 0 amide bonds. The lowest BCUT2D eigenvalue weighted by molar-refractivity contribution is 0.470. The molecule has 3 nitrogen and oxygen atoms in total. The van der Waals surface area contributed by atoms with Crippen LogP contribution in [0.15, 0.2) is 4.99 Å². The molecule has 2 heterocycles. The molecule has 13 heavy (non-hydrogen) atoms. The largest absolute Gasteiger partial charge is 0.486 e. The Bertz CT molecular complexity index is 343. The molecule has 1 aromatic heterocycles. The van der Waals surface area contributed by atoms with Gasteiger partial charge in [0.15, 0.2) is 0 Å². The van der Waals surface area contributed by atoms with Gasteiger partial charge in [-0.25, -0.2) is 4.98 Å². The van der Waals surface area contributed by atoms with E-state index in [1.54, 1.807) is 6.21 Å². The van der Waals surface area contributed by atoms with Crippen molar-refractivity contribution in [1.82, 2.24) is 4.98 Å². The summed E-state index contributed by atoms with van der Waals surface area (Å²) in [4.78, 5) is 9.52. The van der Waals surface area contributed by atoms with Crippen molar-refractivity contribution >= 4 is 17.6 Å². The zero-order valence-corrected chi connectivity index (χ0v) is 8.51. The molecule has 1 unspecified atom stereocenters. The fourth-order valence-corrected chi connectivity index (χ4v) is 2.24. The van der Waals surface area contributed by atoms with Crippen LogP contribution in [-0.2, 0) is 6.42 Å². The van der Waals surface area contributed by atoms with Gasteiger partial charge in [0.05, 0.1) is 11.7 Å². The molecule has 0 saturated carbocycles. The fourth-order valence-electron chi connectivity index (χ4n) is 1.41. The lowest BCUT2D eigenvalue weighted by atomic mass is 9.98. The first-order chi connectivity index (χ1) is 6.16. The Morgan fingerprint density at radius 2 is 2.38 bits per heavy atom. The highest BCUT2D eigenvalue weighted by molar-refractivity contribution is 7.13. The van der Waals surface area contributed by atoms with Crippen molar-refractivity contribution in [3.8, 4) is 5.19 Å². The van der Waals surface area contributed by atoms with E-state index in [9.17, 15) is 5.11 Å². The van der Waals surface area contributed by atoms with Crippen LogP contribution in [-0.4, -0.2) is 22.3 Å². The summed E-state index contributed by atoms with van der Waals surface area (Å²) in [5.74, 6) is 0.550. The number of aromatic nitrogens is 1. The molecule has 1 aliphatic heterocycles. The number of aromatic hydroxyl groups is 1. The molecule has 0 spiro atoms. The minimum Gasteiger partial charge on any atom is -0.486 e. The molecule has 4 heteroatoms. The third-order valence-electron chi connectivity index (χ3n) is 2.27. The van der Waals surface area contributed by atoms with E-state index in [-0.39, 0.29) is 5.19 Å². The standard InChI is InChI=1S/C9H12N2OS/c1-5(2)6-3-8-7(4-10-6)11-9(12)13-8/h4-6H,3H2,1-2H3,(H,11,12). The van der Waals surface area contributed by atoms with E-state index in [1.165, 1.54) is 11.3 Å². The van der Waals surface area contributed by atoms with Gasteiger partial charge in [-0.1, -0.05) is 25.2 Å². The number of rotatable bonds is 1. The molecule has 1 atom stereocenters. The van der Waals surface area contributed by atoms with Gasteiger partial charge >= 0.3 is 0 Å². The summed E-state index contributed by atoms with van der Waals surface area (Å²) in [7, 11) is 0. The molecule has 1 aromatic rings. The SMILES string of the molecule is CC(C)C1Cc2sc(O)nc2C=N1. The molecule has 0 fully saturated rings. The Morgan fingerprint density at radius 3 is 3.08 bits per heavy atom. The van der Waals surface area contributed by atoms with E-state index < -0.39 is 0 Å². The molecule has 70 valence electrons. The summed E-state index contributed by atoms with van der Waals surface area (Å²) in [5.41, 5.74) is 0.847. The van der Waals surface area contributed by atoms with Crippen molar-refractivity contribution < 1.29 is 5.11 Å². The van der Waals surface area contributed by atoms with Gasteiger partial charge in [0.1, 0.15) is 0 Å². The molecule has 0 radical (unpaired) electrons. The van der Waals surface area contributed by atoms with Gasteiger partial charge in [0.2, 0.25) is 0 Å². The molecule has 0 aromatic carbocycles. The first kappa shape index (κ1) is 8.69. The highest BCUT2D eigenvalue weighted by Crippen LogP contribution is 2.28. The number of hydrogen-bond donors (Lipinski definition) is 1. The average molecular weight is 196 g/mol. The average Bonchev–Trinajstić information content (AvgIpc) is 2.42. The Morgan fingerprint density at radius 1 is 1.62 bits per heavy atom. The van der Waals surface area contributed by atoms with E-state index >= 15 is 0 Å². The van der Waals surface area contributed by atoms with Gasteiger partial charge in [-0.05, 0) is 5.92 Å². The number of thiazole rings is 1. The highest BCUT2D eigenvalue weighted by atomic mass is 32.1. The molecule has 1 N–H and O–H groups in total. The van der Waals surface area contributed by atoms with Crippen molar-refractivity contribution in [2.45, 2.75) is 26.3 Å². The normalized spacial score (nSPS) is 20.7. The first-order valence-electron chi connectivity index (χ1n) is 4.38. The van der Waals surface area contributed by atoms with Crippen molar-refractivity contribution in [2.75, 3.05) is 0 Å². The predicted molar refractivity (Wildman–Crippen MR) is 53.7 cm³/mol. The summed E-state index contributed by atoms with van der Waals surface area (Å²) >= 11 is 1.36. The van der Waals surface area contributed by atoms with Crippen LogP contribution in [0.5, 0.6) is 5.19 Å². The molecule has 0 bridgehead atoms. The number of fused-ring (bicyclic) bond motifs is 1. The lowest BCUT2D eigenvalue weighted by Gasteiger charge is -2.18. The second-order valence-corrected chi connectivity index (χ2v) is 4.66. The molecular formula is C9H12N2OS. The maximum absolute atomic E-state index is 9.19. The molecule has 0 aliphatic carbocycles. The van der Waals surface area contributed by atoms with Crippen molar-refractivity contribution in [3.63, 3.8) is 0 Å². The maximum Gasteiger partial charge on any atom is 0.271 e. The zero-order valence-electron chi connectivity index (χ0n) is 7.69. The number of nitrogens with zero attached hydrogens (tertiary/aromatic N) is 2. The summed E-state index contributed by atoms with van der Waals surface area (Å²) in [6.07, 6.45) is 2.70. The Kier molecular flexibility index (Phi) is 2.07. The summed E-state index contributed by atoms with van der Waals surface area (Å²) < 4.78 is 0. The van der Waals surface area contributed by atoms with Crippen LogP contribution in [0.4, 0.5) is 0 Å². The van der Waals surface area contributed by atoms with Crippen LogP contribution in [0.2, 0.25) is 0 Å². The Hall–Kier alpha value is -0.900. The van der Waals surface area contributed by atoms with E-state index in [0.717, 1.165) is 17.0 Å². The van der Waals surface area contributed by atoms with Crippen molar-refractivity contribution in [1.29, 1.82) is 0 Å². The molecular weight excluding hydrogens is 184 g/mol. The quantitative estimate of drug-likeness (QED) is 0.745. The van der Waals surface area contributed by atoms with Crippen molar-refractivity contribution in [2.24, 2.45) is 10.9 Å². The van der Waals surface area contributed by atoms with Crippen LogP contribution in [0.3, 0.4) is 0 Å². The van der Waals surface area contributed by atoms with E-state index in [4.69, 9.17) is 0 Å². The maximum atomic E-state index is 9.19. The summed E-state index contributed by atoms with van der Waals surface area (Å²) in [5, 5.41) is 9.35. The predicted octanol–water partition coefficient (Wildman–Crippen LogP) is 1.85. The summed E-state index contributed by atoms with van der Waals surface area (Å²) in [6.45, 7) is 4.32. The minimum atomic E-state index is 0.154. The van der Waals surface area contributed by atoms with E-state index in [0.29, 0.717) is 12.0 Å². The van der Waals surface area contributed by atoms with Crippen molar-refractivity contribution in [3.05, 3.63) is 10.6 Å². The van der Waals surface area contributed by atoms with Gasteiger partial charge in [-0.3, -0.25) is 4.99 Å². The smallest absolute Gasteiger partial charge is 0.271 e. The van der Waals surface area contributed by atoms with Crippen LogP contribution in [0.25, 0.3) is 0 Å². The minimum absolute atomic E-state index is 0.154. The number of hydrogen-bond acceptors (Lipinski definition) is 4. The van der Waals surface area contributed by atoms with Gasteiger partial charge in [0, 0.05) is 17.5 Å². The second kappa shape index (κ2) is 3.10. The topological polar surface area (TPSA) is 45.5 Å². The second-order valence-electron chi connectivity index (χ2n) is 3.60. The Labute approximate surface area is 81.2 Å². The Balaban J connectivity index is 2.27. The van der Waals surface area contributed by atoms with Gasteiger partial charge in [0.25, 0.3) is 5.19 Å². The molecule has 0 saturated heterocycles. The number of aliphatic imine (C=N–C) groups is 1. The molecule has 2 rings (SSSR count). The zero-order chi connectivity index (χ0) is 9.42. The van der Waals surface area contributed by atoms with Crippen LogP contribution >= 0.6 is 11.3 Å².